The Hall–Kier alpha value is -1.21. The molecule has 0 aromatic carbocycles. The first-order valence-corrected chi connectivity index (χ1v) is 33.2. The molecule has 0 heterocycles. The van der Waals surface area contributed by atoms with Crippen molar-refractivity contribution in [3.63, 3.8) is 0 Å². The van der Waals surface area contributed by atoms with Gasteiger partial charge in [0.25, 0.3) is 0 Å². The van der Waals surface area contributed by atoms with Crippen molar-refractivity contribution in [3.8, 4) is 0 Å². The molecule has 4 unspecified atom stereocenters. The molecule has 0 saturated heterocycles. The minimum atomic E-state index is -1.26. The molecule has 0 rings (SSSR count). The van der Waals surface area contributed by atoms with Crippen LogP contribution in [0.1, 0.15) is 367 Å². The van der Waals surface area contributed by atoms with Crippen LogP contribution in [-0.4, -0.2) is 57.3 Å². The van der Waals surface area contributed by atoms with E-state index in [4.69, 9.17) is 0 Å². The summed E-state index contributed by atoms with van der Waals surface area (Å²) in [5.41, 5.74) is 0. The summed E-state index contributed by atoms with van der Waals surface area (Å²) in [6.45, 7) is 4.10. The van der Waals surface area contributed by atoms with Gasteiger partial charge in [0.05, 0.1) is 18.8 Å². The van der Waals surface area contributed by atoms with E-state index >= 15 is 0 Å². The van der Waals surface area contributed by atoms with Crippen molar-refractivity contribution in [1.29, 1.82) is 0 Å². The van der Waals surface area contributed by atoms with Crippen LogP contribution in [0.2, 0.25) is 0 Å². The van der Waals surface area contributed by atoms with Gasteiger partial charge in [-0.1, -0.05) is 346 Å². The van der Waals surface area contributed by atoms with E-state index in [9.17, 15) is 25.2 Å². The van der Waals surface area contributed by atoms with Gasteiger partial charge in [-0.2, -0.15) is 0 Å². The van der Waals surface area contributed by atoms with Crippen molar-refractivity contribution in [2.75, 3.05) is 6.61 Å². The number of aliphatic hydroxyl groups is 4. The zero-order valence-electron chi connectivity index (χ0n) is 49.4. The maximum atomic E-state index is 12.7. The molecule has 6 nitrogen and oxygen atoms in total. The molecule has 434 valence electrons. The lowest BCUT2D eigenvalue weighted by atomic mass is 9.99. The lowest BCUT2D eigenvalue weighted by Gasteiger charge is -2.27. The van der Waals surface area contributed by atoms with Crippen LogP contribution in [0.3, 0.4) is 0 Å². The van der Waals surface area contributed by atoms with Crippen molar-refractivity contribution < 1.29 is 25.2 Å². The third-order valence-electron chi connectivity index (χ3n) is 15.9. The average molecular weight is 1030 g/mol. The van der Waals surface area contributed by atoms with Gasteiger partial charge in [0.1, 0.15) is 12.2 Å². The van der Waals surface area contributed by atoms with E-state index < -0.39 is 36.9 Å². The van der Waals surface area contributed by atoms with Crippen LogP contribution >= 0.6 is 0 Å². The van der Waals surface area contributed by atoms with E-state index in [0.717, 1.165) is 44.9 Å². The zero-order valence-corrected chi connectivity index (χ0v) is 49.4. The SMILES string of the molecule is CCCCCCCCCCC/C=C\C/C=C\CCCCCCCCCCCCCCCCCCC(O)C(=O)NC(CO)C(O)C(O)CCCCCCCCCCCCCCCCCCCCCCCCCCC. The summed E-state index contributed by atoms with van der Waals surface area (Å²) in [6, 6.07) is -0.985. The van der Waals surface area contributed by atoms with Gasteiger partial charge in [-0.05, 0) is 44.9 Å². The van der Waals surface area contributed by atoms with Gasteiger partial charge in [-0.3, -0.25) is 4.79 Å². The van der Waals surface area contributed by atoms with Gasteiger partial charge in [-0.15, -0.1) is 0 Å². The number of aliphatic hydroxyl groups excluding tert-OH is 4. The van der Waals surface area contributed by atoms with Crippen molar-refractivity contribution >= 4 is 5.91 Å². The number of hydrogen-bond acceptors (Lipinski definition) is 5. The van der Waals surface area contributed by atoms with Crippen LogP contribution in [0.25, 0.3) is 0 Å². The molecule has 4 atom stereocenters. The minimum Gasteiger partial charge on any atom is -0.394 e. The fourth-order valence-corrected chi connectivity index (χ4v) is 10.7. The number of rotatable bonds is 62. The summed E-state index contributed by atoms with van der Waals surface area (Å²) in [6.07, 6.45) is 77.1. The molecule has 0 aliphatic rings. The van der Waals surface area contributed by atoms with E-state index in [-0.39, 0.29) is 0 Å². The summed E-state index contributed by atoms with van der Waals surface area (Å²) in [7, 11) is 0. The number of carbonyl (C=O) groups excluding carboxylic acids is 1. The highest BCUT2D eigenvalue weighted by Gasteiger charge is 2.28. The molecular formula is C67H131NO5. The number of allylic oxidation sites excluding steroid dienone is 4. The third-order valence-corrected chi connectivity index (χ3v) is 15.9. The van der Waals surface area contributed by atoms with Crippen LogP contribution in [0.15, 0.2) is 24.3 Å². The number of carbonyl (C=O) groups is 1. The largest absolute Gasteiger partial charge is 0.394 e. The first-order valence-electron chi connectivity index (χ1n) is 33.2. The lowest BCUT2D eigenvalue weighted by molar-refractivity contribution is -0.132. The maximum absolute atomic E-state index is 12.7. The quantitative estimate of drug-likeness (QED) is 0.0308. The fourth-order valence-electron chi connectivity index (χ4n) is 10.7. The topological polar surface area (TPSA) is 110 Å². The Bertz CT molecular complexity index is 1110. The smallest absolute Gasteiger partial charge is 0.249 e. The lowest BCUT2D eigenvalue weighted by Crippen LogP contribution is -2.53. The fraction of sp³-hybridized carbons (Fsp3) is 0.925. The monoisotopic (exact) mass is 1030 g/mol. The average Bonchev–Trinajstić information content (AvgIpc) is 3.40. The van der Waals surface area contributed by atoms with E-state index in [0.29, 0.717) is 12.8 Å². The Morgan fingerprint density at radius 1 is 0.342 bits per heavy atom. The van der Waals surface area contributed by atoms with E-state index in [1.165, 1.54) is 295 Å². The van der Waals surface area contributed by atoms with Crippen molar-refractivity contribution in [3.05, 3.63) is 24.3 Å². The maximum Gasteiger partial charge on any atom is 0.249 e. The molecule has 0 saturated carbocycles. The van der Waals surface area contributed by atoms with Crippen LogP contribution in [0.5, 0.6) is 0 Å². The highest BCUT2D eigenvalue weighted by Crippen LogP contribution is 2.19. The molecule has 0 aromatic rings. The van der Waals surface area contributed by atoms with E-state index in [2.05, 4.69) is 43.5 Å². The summed E-state index contributed by atoms with van der Waals surface area (Å²) in [4.78, 5) is 12.7. The first-order chi connectivity index (χ1) is 36.0. The molecule has 73 heavy (non-hydrogen) atoms. The minimum absolute atomic E-state index is 0.372. The highest BCUT2D eigenvalue weighted by molar-refractivity contribution is 5.80. The molecule has 1 amide bonds. The summed E-state index contributed by atoms with van der Waals surface area (Å²) in [5.74, 6) is -0.577. The first kappa shape index (κ1) is 71.8. The number of nitrogens with one attached hydrogen (secondary N) is 1. The predicted molar refractivity (Wildman–Crippen MR) is 321 cm³/mol. The molecule has 0 fully saturated rings. The Kier molecular flexibility index (Phi) is 60.6. The van der Waals surface area contributed by atoms with Crippen LogP contribution in [-0.2, 0) is 4.79 Å². The van der Waals surface area contributed by atoms with Gasteiger partial charge in [0.15, 0.2) is 0 Å². The predicted octanol–water partition coefficient (Wildman–Crippen LogP) is 20.2. The van der Waals surface area contributed by atoms with Gasteiger partial charge in [-0.25, -0.2) is 0 Å². The summed E-state index contributed by atoms with van der Waals surface area (Å²) in [5, 5.41) is 44.2. The van der Waals surface area contributed by atoms with E-state index in [1.54, 1.807) is 0 Å². The van der Waals surface area contributed by atoms with Gasteiger partial charge >= 0.3 is 0 Å². The van der Waals surface area contributed by atoms with Gasteiger partial charge < -0.3 is 25.7 Å². The number of hydrogen-bond donors (Lipinski definition) is 5. The standard InChI is InChI=1S/C67H131NO5/c1-3-5-7-9-11-13-15-17-19-21-23-25-27-29-30-31-32-33-34-35-37-39-41-43-45-47-49-51-53-55-57-59-61-65(71)67(73)68-63(62-69)66(72)64(70)60-58-56-54-52-50-48-46-44-42-40-38-36-28-26-24-22-20-18-16-14-12-10-8-6-4-2/h23,25,29-30,63-66,69-72H,3-22,24,26-28,31-62H2,1-2H3,(H,68,73)/b25-23-,30-29-. The van der Waals surface area contributed by atoms with Crippen molar-refractivity contribution in [2.45, 2.75) is 391 Å². The Labute approximate surface area is 456 Å². The van der Waals surface area contributed by atoms with Gasteiger partial charge in [0, 0.05) is 0 Å². The summed E-state index contributed by atoms with van der Waals surface area (Å²) >= 11 is 0. The van der Waals surface area contributed by atoms with Crippen molar-refractivity contribution in [1.82, 2.24) is 5.32 Å². The molecule has 0 aromatic heterocycles. The molecular weight excluding hydrogens is 899 g/mol. The van der Waals surface area contributed by atoms with Crippen LogP contribution in [0.4, 0.5) is 0 Å². The second-order valence-electron chi connectivity index (χ2n) is 23.2. The van der Waals surface area contributed by atoms with Crippen LogP contribution in [0, 0.1) is 0 Å². The Balaban J connectivity index is 3.55. The molecule has 0 aliphatic heterocycles. The highest BCUT2D eigenvalue weighted by atomic mass is 16.3. The number of unbranched alkanes of at least 4 members (excludes halogenated alkanes) is 49. The summed E-state index contributed by atoms with van der Waals surface area (Å²) < 4.78 is 0. The molecule has 5 N–H and O–H groups in total. The molecule has 0 radical (unpaired) electrons. The second-order valence-corrected chi connectivity index (χ2v) is 23.2. The number of amides is 1. The molecule has 0 aliphatic carbocycles. The third kappa shape index (κ3) is 55.4. The zero-order chi connectivity index (χ0) is 53.0. The Morgan fingerprint density at radius 2 is 0.589 bits per heavy atom. The molecule has 6 heteroatoms. The van der Waals surface area contributed by atoms with Crippen molar-refractivity contribution in [2.24, 2.45) is 0 Å². The Morgan fingerprint density at radius 3 is 0.863 bits per heavy atom. The second kappa shape index (κ2) is 61.6. The van der Waals surface area contributed by atoms with Crippen LogP contribution < -0.4 is 5.32 Å². The van der Waals surface area contributed by atoms with E-state index in [1.807, 2.05) is 0 Å². The normalized spacial score (nSPS) is 13.7. The molecule has 0 spiro atoms. The van der Waals surface area contributed by atoms with Gasteiger partial charge in [0.2, 0.25) is 5.91 Å². The molecule has 0 bridgehead atoms.